The molecule has 1 aromatic carbocycles. The zero-order valence-corrected chi connectivity index (χ0v) is 17.7. The maximum Gasteiger partial charge on any atom is 0.264 e. The van der Waals surface area contributed by atoms with Gasteiger partial charge in [0.25, 0.3) is 11.5 Å². The van der Waals surface area contributed by atoms with E-state index in [1.54, 1.807) is 4.57 Å². The van der Waals surface area contributed by atoms with Crippen LogP contribution in [0.2, 0.25) is 0 Å². The molecule has 2 amide bonds. The van der Waals surface area contributed by atoms with Crippen LogP contribution in [0.25, 0.3) is 0 Å². The number of primary amides is 1. The standard InChI is InChI=1S/C24H28N4O3/c25-21(29)20-19-8-13-26(23(31)24-9-4-11-28(24)12-5-10-24)15-18(19)16-27(22(20)30)14-17-6-2-1-3-7-17/h1-3,6-7,16H,4-5,8-15H2,(H2,25,29). The fourth-order valence-electron chi connectivity index (χ4n) is 5.79. The van der Waals surface area contributed by atoms with Crippen molar-refractivity contribution in [1.82, 2.24) is 14.4 Å². The number of amides is 2. The second kappa shape index (κ2) is 7.64. The fourth-order valence-corrected chi connectivity index (χ4v) is 5.79. The maximum atomic E-state index is 13.6. The number of carbonyl (C=O) groups excluding carboxylic acids is 2. The van der Waals surface area contributed by atoms with Crippen LogP contribution in [0.1, 0.15) is 52.7 Å². The molecular weight excluding hydrogens is 392 g/mol. The number of fused-ring (bicyclic) bond motifs is 2. The van der Waals surface area contributed by atoms with Crippen LogP contribution in [0.3, 0.4) is 0 Å². The van der Waals surface area contributed by atoms with Crippen LogP contribution >= 0.6 is 0 Å². The Morgan fingerprint density at radius 1 is 1.03 bits per heavy atom. The van der Waals surface area contributed by atoms with E-state index in [0.717, 1.165) is 49.9 Å². The van der Waals surface area contributed by atoms with E-state index < -0.39 is 5.91 Å². The Hall–Kier alpha value is -2.93. The number of benzene rings is 1. The summed E-state index contributed by atoms with van der Waals surface area (Å²) in [6.07, 6.45) is 6.29. The molecular formula is C24H28N4O3. The van der Waals surface area contributed by atoms with E-state index in [9.17, 15) is 14.4 Å². The van der Waals surface area contributed by atoms with Crippen LogP contribution < -0.4 is 11.3 Å². The van der Waals surface area contributed by atoms with Crippen LogP contribution in [-0.4, -0.2) is 51.4 Å². The molecule has 0 unspecified atom stereocenters. The van der Waals surface area contributed by atoms with Gasteiger partial charge in [0.2, 0.25) is 5.91 Å². The van der Waals surface area contributed by atoms with Crippen molar-refractivity contribution in [1.29, 1.82) is 0 Å². The lowest BCUT2D eigenvalue weighted by Gasteiger charge is -2.38. The third kappa shape index (κ3) is 3.28. The SMILES string of the molecule is NC(=O)c1c2c(cn(Cc3ccccc3)c1=O)CN(C(=O)C13CCCN1CCC3)CC2. The molecule has 2 fully saturated rings. The van der Waals surface area contributed by atoms with E-state index >= 15 is 0 Å². The molecule has 7 nitrogen and oxygen atoms in total. The van der Waals surface area contributed by atoms with Crippen molar-refractivity contribution in [2.75, 3.05) is 19.6 Å². The number of pyridine rings is 1. The number of aromatic nitrogens is 1. The Labute approximate surface area is 181 Å². The molecule has 2 N–H and O–H groups in total. The zero-order valence-electron chi connectivity index (χ0n) is 17.7. The Morgan fingerprint density at radius 2 is 1.74 bits per heavy atom. The lowest BCUT2D eigenvalue weighted by molar-refractivity contribution is -0.142. The monoisotopic (exact) mass is 420 g/mol. The van der Waals surface area contributed by atoms with E-state index in [1.165, 1.54) is 0 Å². The van der Waals surface area contributed by atoms with Crippen LogP contribution in [0, 0.1) is 0 Å². The molecule has 1 aromatic heterocycles. The molecule has 0 radical (unpaired) electrons. The molecule has 7 heteroatoms. The fraction of sp³-hybridized carbons (Fsp3) is 0.458. The zero-order chi connectivity index (χ0) is 21.6. The molecule has 3 aliphatic heterocycles. The molecule has 0 atom stereocenters. The minimum atomic E-state index is -0.695. The molecule has 31 heavy (non-hydrogen) atoms. The summed E-state index contributed by atoms with van der Waals surface area (Å²) < 4.78 is 1.55. The first-order valence-electron chi connectivity index (χ1n) is 11.1. The number of rotatable bonds is 4. The highest BCUT2D eigenvalue weighted by atomic mass is 16.2. The van der Waals surface area contributed by atoms with Crippen molar-refractivity contribution in [3.05, 3.63) is 69.1 Å². The van der Waals surface area contributed by atoms with Gasteiger partial charge in [-0.2, -0.15) is 0 Å². The number of carbonyl (C=O) groups is 2. The molecule has 2 aromatic rings. The Kier molecular flexibility index (Phi) is 4.93. The Bertz CT molecular complexity index is 1080. The average molecular weight is 421 g/mol. The number of hydrogen-bond donors (Lipinski definition) is 1. The molecule has 3 aliphatic rings. The van der Waals surface area contributed by atoms with Crippen molar-refractivity contribution >= 4 is 11.8 Å². The van der Waals surface area contributed by atoms with Gasteiger partial charge in [-0.3, -0.25) is 19.3 Å². The van der Waals surface area contributed by atoms with Crippen molar-refractivity contribution < 1.29 is 9.59 Å². The van der Waals surface area contributed by atoms with Gasteiger partial charge in [0.1, 0.15) is 11.1 Å². The maximum absolute atomic E-state index is 13.6. The van der Waals surface area contributed by atoms with Gasteiger partial charge in [-0.05, 0) is 61.9 Å². The number of nitrogens with two attached hydrogens (primary N) is 1. The first-order chi connectivity index (χ1) is 15.0. The van der Waals surface area contributed by atoms with Crippen molar-refractivity contribution in [2.24, 2.45) is 5.73 Å². The van der Waals surface area contributed by atoms with Gasteiger partial charge >= 0.3 is 0 Å². The summed E-state index contributed by atoms with van der Waals surface area (Å²) >= 11 is 0. The van der Waals surface area contributed by atoms with Crippen LogP contribution in [0.4, 0.5) is 0 Å². The average Bonchev–Trinajstić information content (AvgIpc) is 3.35. The molecule has 162 valence electrons. The highest BCUT2D eigenvalue weighted by Gasteiger charge is 2.51. The van der Waals surface area contributed by atoms with E-state index in [0.29, 0.717) is 31.6 Å². The molecule has 0 bridgehead atoms. The summed E-state index contributed by atoms with van der Waals surface area (Å²) in [6.45, 7) is 3.29. The third-order valence-electron chi connectivity index (χ3n) is 7.24. The van der Waals surface area contributed by atoms with Gasteiger partial charge in [-0.25, -0.2) is 0 Å². The van der Waals surface area contributed by atoms with Crippen molar-refractivity contribution in [2.45, 2.75) is 50.7 Å². The topological polar surface area (TPSA) is 88.6 Å². The Balaban J connectivity index is 1.49. The summed E-state index contributed by atoms with van der Waals surface area (Å²) in [5.74, 6) is -0.491. The molecule has 0 spiro atoms. The molecule has 2 saturated heterocycles. The summed E-state index contributed by atoms with van der Waals surface area (Å²) in [7, 11) is 0. The molecule has 4 heterocycles. The Morgan fingerprint density at radius 3 is 2.42 bits per heavy atom. The predicted octanol–water partition coefficient (Wildman–Crippen LogP) is 1.51. The molecule has 0 saturated carbocycles. The summed E-state index contributed by atoms with van der Waals surface area (Å²) in [5.41, 5.74) is 7.52. The summed E-state index contributed by atoms with van der Waals surface area (Å²) in [4.78, 5) is 43.1. The second-order valence-corrected chi connectivity index (χ2v) is 8.99. The summed E-state index contributed by atoms with van der Waals surface area (Å²) in [6, 6.07) is 9.65. The lowest BCUT2D eigenvalue weighted by atomic mass is 9.90. The number of nitrogens with zero attached hydrogens (tertiary/aromatic N) is 3. The van der Waals surface area contributed by atoms with Gasteiger partial charge in [0, 0.05) is 19.3 Å². The normalized spacial score (nSPS) is 19.8. The highest BCUT2D eigenvalue weighted by molar-refractivity contribution is 5.94. The van der Waals surface area contributed by atoms with E-state index in [1.807, 2.05) is 41.4 Å². The van der Waals surface area contributed by atoms with Gasteiger partial charge < -0.3 is 15.2 Å². The lowest BCUT2D eigenvalue weighted by Crippen LogP contribution is -2.54. The van der Waals surface area contributed by atoms with Gasteiger partial charge in [-0.15, -0.1) is 0 Å². The van der Waals surface area contributed by atoms with E-state index in [4.69, 9.17) is 5.73 Å². The smallest absolute Gasteiger partial charge is 0.264 e. The van der Waals surface area contributed by atoms with Gasteiger partial charge in [0.05, 0.1) is 6.54 Å². The van der Waals surface area contributed by atoms with Crippen LogP contribution in [-0.2, 0) is 24.3 Å². The largest absolute Gasteiger partial charge is 0.365 e. The van der Waals surface area contributed by atoms with Gasteiger partial charge in [0.15, 0.2) is 0 Å². The van der Waals surface area contributed by atoms with Crippen LogP contribution in [0.5, 0.6) is 0 Å². The van der Waals surface area contributed by atoms with Crippen molar-refractivity contribution in [3.63, 3.8) is 0 Å². The second-order valence-electron chi connectivity index (χ2n) is 8.99. The minimum absolute atomic E-state index is 0.0713. The minimum Gasteiger partial charge on any atom is -0.365 e. The van der Waals surface area contributed by atoms with Crippen LogP contribution in [0.15, 0.2) is 41.3 Å². The first kappa shape index (κ1) is 20.0. The molecule has 5 rings (SSSR count). The number of hydrogen-bond acceptors (Lipinski definition) is 4. The van der Waals surface area contributed by atoms with Gasteiger partial charge in [-0.1, -0.05) is 30.3 Å². The molecule has 0 aliphatic carbocycles. The third-order valence-corrected chi connectivity index (χ3v) is 7.24. The first-order valence-corrected chi connectivity index (χ1v) is 11.1. The van der Waals surface area contributed by atoms with E-state index in [-0.39, 0.29) is 22.6 Å². The highest BCUT2D eigenvalue weighted by Crippen LogP contribution is 2.41. The van der Waals surface area contributed by atoms with E-state index in [2.05, 4.69) is 4.90 Å². The van der Waals surface area contributed by atoms with Crippen molar-refractivity contribution in [3.8, 4) is 0 Å². The predicted molar refractivity (Wildman–Crippen MR) is 117 cm³/mol. The quantitative estimate of drug-likeness (QED) is 0.812. The summed E-state index contributed by atoms with van der Waals surface area (Å²) in [5, 5.41) is 0.